The van der Waals surface area contributed by atoms with Crippen molar-refractivity contribution in [3.63, 3.8) is 0 Å². The van der Waals surface area contributed by atoms with Crippen LogP contribution in [-0.2, 0) is 0 Å². The van der Waals surface area contributed by atoms with Crippen LogP contribution in [-0.4, -0.2) is 18.1 Å². The number of aromatic nitrogens is 1. The molecule has 0 aromatic carbocycles. The molecule has 0 saturated carbocycles. The zero-order valence-electron chi connectivity index (χ0n) is 7.80. The molecule has 0 spiro atoms. The van der Waals surface area contributed by atoms with E-state index < -0.39 is 0 Å². The van der Waals surface area contributed by atoms with Crippen molar-refractivity contribution >= 4 is 29.0 Å². The van der Waals surface area contributed by atoms with Gasteiger partial charge in [-0.25, -0.2) is 4.98 Å². The molecule has 0 aliphatic rings. The number of nitrogens with one attached hydrogen (secondary N) is 1. The van der Waals surface area contributed by atoms with Crippen LogP contribution in [0.3, 0.4) is 0 Å². The molecule has 1 rings (SSSR count). The molecule has 0 radical (unpaired) electrons. The number of rotatable bonds is 4. The lowest BCUT2D eigenvalue weighted by atomic mass is 10.3. The van der Waals surface area contributed by atoms with E-state index in [-0.39, 0.29) is 0 Å². The first-order chi connectivity index (χ1) is 6.22. The summed E-state index contributed by atoms with van der Waals surface area (Å²) in [5.41, 5.74) is 1.27. The number of hydrogen-bond donors (Lipinski definition) is 1. The topological polar surface area (TPSA) is 24.9 Å². The van der Waals surface area contributed by atoms with E-state index in [2.05, 4.69) is 30.2 Å². The molecular weight excluding hydrogens is 204 g/mol. The second-order valence-electron chi connectivity index (χ2n) is 2.77. The van der Waals surface area contributed by atoms with E-state index in [4.69, 9.17) is 11.6 Å². The van der Waals surface area contributed by atoms with Gasteiger partial charge in [0.05, 0.1) is 6.20 Å². The summed E-state index contributed by atoms with van der Waals surface area (Å²) >= 11 is 7.26. The van der Waals surface area contributed by atoms with Gasteiger partial charge in [0, 0.05) is 6.54 Å². The van der Waals surface area contributed by atoms with Gasteiger partial charge in [0.25, 0.3) is 0 Å². The van der Waals surface area contributed by atoms with E-state index in [1.165, 1.54) is 16.9 Å². The maximum atomic E-state index is 5.76. The normalized spacial score (nSPS) is 12.1. The van der Waals surface area contributed by atoms with Crippen molar-refractivity contribution in [1.82, 2.24) is 10.3 Å². The molecular formula is C9H13ClN2S. The van der Waals surface area contributed by atoms with Gasteiger partial charge in [0.1, 0.15) is 9.34 Å². The van der Waals surface area contributed by atoms with E-state index >= 15 is 0 Å². The minimum atomic E-state index is 0.738. The molecule has 0 atom stereocenters. The van der Waals surface area contributed by atoms with Gasteiger partial charge >= 0.3 is 0 Å². The van der Waals surface area contributed by atoms with Gasteiger partial charge in [0.15, 0.2) is 0 Å². The Hall–Kier alpha value is -0.380. The quantitative estimate of drug-likeness (QED) is 0.838. The zero-order chi connectivity index (χ0) is 9.68. The second kappa shape index (κ2) is 5.37. The standard InChI is InChI=1S/C9H13ClN2S/c1-3-11-5-7(2)4-9-12-6-8(10)13-9/h4,6,11H,3,5H2,1-2H3/b7-4+. The van der Waals surface area contributed by atoms with Crippen molar-refractivity contribution in [2.75, 3.05) is 13.1 Å². The first-order valence-electron chi connectivity index (χ1n) is 4.21. The summed E-state index contributed by atoms with van der Waals surface area (Å²) in [4.78, 5) is 4.15. The lowest BCUT2D eigenvalue weighted by Gasteiger charge is -1.99. The summed E-state index contributed by atoms with van der Waals surface area (Å²) in [5.74, 6) is 0. The number of nitrogens with zero attached hydrogens (tertiary/aromatic N) is 1. The molecule has 0 bridgehead atoms. The Labute approximate surface area is 87.6 Å². The summed E-state index contributed by atoms with van der Waals surface area (Å²) in [7, 11) is 0. The third-order valence-electron chi connectivity index (χ3n) is 1.52. The maximum absolute atomic E-state index is 5.76. The Morgan fingerprint density at radius 3 is 3.08 bits per heavy atom. The van der Waals surface area contributed by atoms with E-state index in [1.807, 2.05) is 0 Å². The molecule has 0 fully saturated rings. The van der Waals surface area contributed by atoms with Crippen molar-refractivity contribution in [1.29, 1.82) is 0 Å². The minimum Gasteiger partial charge on any atom is -0.313 e. The largest absolute Gasteiger partial charge is 0.313 e. The number of thiazole rings is 1. The highest BCUT2D eigenvalue weighted by atomic mass is 35.5. The summed E-state index contributed by atoms with van der Waals surface area (Å²) in [6.45, 7) is 6.07. The first kappa shape index (κ1) is 10.7. The molecule has 1 aromatic rings. The van der Waals surface area contributed by atoms with E-state index in [0.29, 0.717) is 0 Å². The smallest absolute Gasteiger partial charge is 0.117 e. The molecule has 0 saturated heterocycles. The number of likely N-dealkylation sites (N-methyl/N-ethyl adjacent to an activating group) is 1. The van der Waals surface area contributed by atoms with Gasteiger partial charge in [0.2, 0.25) is 0 Å². The zero-order valence-corrected chi connectivity index (χ0v) is 9.37. The minimum absolute atomic E-state index is 0.738. The molecule has 0 aliphatic carbocycles. The fourth-order valence-corrected chi connectivity index (χ4v) is 1.87. The van der Waals surface area contributed by atoms with Crippen molar-refractivity contribution in [2.45, 2.75) is 13.8 Å². The van der Waals surface area contributed by atoms with Crippen molar-refractivity contribution in [2.24, 2.45) is 0 Å². The summed E-state index contributed by atoms with van der Waals surface area (Å²) < 4.78 is 0.738. The van der Waals surface area contributed by atoms with Crippen LogP contribution in [0.15, 0.2) is 11.8 Å². The van der Waals surface area contributed by atoms with Crippen LogP contribution in [0.1, 0.15) is 18.9 Å². The predicted octanol–water partition coefficient (Wildman–Crippen LogP) is 2.81. The highest BCUT2D eigenvalue weighted by Crippen LogP contribution is 2.20. The third kappa shape index (κ3) is 3.89. The van der Waals surface area contributed by atoms with Gasteiger partial charge in [-0.15, -0.1) is 11.3 Å². The lowest BCUT2D eigenvalue weighted by molar-refractivity contribution is 0.778. The maximum Gasteiger partial charge on any atom is 0.117 e. The molecule has 0 aliphatic heterocycles. The molecule has 4 heteroatoms. The van der Waals surface area contributed by atoms with Crippen molar-refractivity contribution in [3.8, 4) is 0 Å². The lowest BCUT2D eigenvalue weighted by Crippen LogP contribution is -2.14. The monoisotopic (exact) mass is 216 g/mol. The molecule has 1 N–H and O–H groups in total. The highest BCUT2D eigenvalue weighted by Gasteiger charge is 1.96. The van der Waals surface area contributed by atoms with Gasteiger partial charge in [-0.1, -0.05) is 24.1 Å². The van der Waals surface area contributed by atoms with Crippen LogP contribution >= 0.6 is 22.9 Å². The fraction of sp³-hybridized carbons (Fsp3) is 0.444. The van der Waals surface area contributed by atoms with Crippen LogP contribution in [0.25, 0.3) is 6.08 Å². The Balaban J connectivity index is 2.54. The highest BCUT2D eigenvalue weighted by molar-refractivity contribution is 7.16. The number of hydrogen-bond acceptors (Lipinski definition) is 3. The summed E-state index contributed by atoms with van der Waals surface area (Å²) in [5, 5.41) is 4.22. The van der Waals surface area contributed by atoms with Crippen LogP contribution in [0, 0.1) is 0 Å². The summed E-state index contributed by atoms with van der Waals surface area (Å²) in [6, 6.07) is 0. The molecule has 2 nitrogen and oxygen atoms in total. The molecule has 72 valence electrons. The van der Waals surface area contributed by atoms with Gasteiger partial charge in [-0.05, 0) is 19.5 Å². The van der Waals surface area contributed by atoms with E-state index in [0.717, 1.165) is 22.4 Å². The summed E-state index contributed by atoms with van der Waals surface area (Å²) in [6.07, 6.45) is 3.73. The molecule has 13 heavy (non-hydrogen) atoms. The molecule has 0 unspecified atom stereocenters. The van der Waals surface area contributed by atoms with Crippen molar-refractivity contribution in [3.05, 3.63) is 21.1 Å². The van der Waals surface area contributed by atoms with E-state index in [1.54, 1.807) is 6.20 Å². The van der Waals surface area contributed by atoms with Crippen molar-refractivity contribution < 1.29 is 0 Å². The van der Waals surface area contributed by atoms with Gasteiger partial charge in [-0.2, -0.15) is 0 Å². The fourth-order valence-electron chi connectivity index (χ4n) is 0.918. The van der Waals surface area contributed by atoms with E-state index in [9.17, 15) is 0 Å². The van der Waals surface area contributed by atoms with Crippen LogP contribution in [0.4, 0.5) is 0 Å². The molecule has 1 heterocycles. The van der Waals surface area contributed by atoms with Crippen LogP contribution in [0.2, 0.25) is 4.34 Å². The average molecular weight is 217 g/mol. The Bertz CT molecular complexity index is 294. The second-order valence-corrected chi connectivity index (χ2v) is 4.47. The van der Waals surface area contributed by atoms with Crippen LogP contribution in [0.5, 0.6) is 0 Å². The SMILES string of the molecule is CCNC/C(C)=C/c1ncc(Cl)s1. The Kier molecular flexibility index (Phi) is 4.42. The third-order valence-corrected chi connectivity index (χ3v) is 2.58. The first-order valence-corrected chi connectivity index (χ1v) is 5.41. The molecule has 1 aromatic heterocycles. The van der Waals surface area contributed by atoms with Gasteiger partial charge in [-0.3, -0.25) is 0 Å². The average Bonchev–Trinajstić information content (AvgIpc) is 2.48. The molecule has 0 amide bonds. The number of halogens is 1. The van der Waals surface area contributed by atoms with Crippen LogP contribution < -0.4 is 5.32 Å². The Morgan fingerprint density at radius 1 is 1.77 bits per heavy atom. The van der Waals surface area contributed by atoms with Gasteiger partial charge < -0.3 is 5.32 Å². The Morgan fingerprint density at radius 2 is 2.54 bits per heavy atom. The predicted molar refractivity (Wildman–Crippen MR) is 59.3 cm³/mol.